The van der Waals surface area contributed by atoms with Gasteiger partial charge in [0.15, 0.2) is 5.82 Å². The maximum atomic E-state index is 12.8. The average molecular weight is 303 g/mol. The van der Waals surface area contributed by atoms with E-state index in [1.807, 2.05) is 0 Å². The minimum absolute atomic E-state index is 0.0363. The monoisotopic (exact) mass is 302 g/mol. The summed E-state index contributed by atoms with van der Waals surface area (Å²) in [6, 6.07) is 5.27. The third-order valence-electron chi connectivity index (χ3n) is 2.56. The summed E-state index contributed by atoms with van der Waals surface area (Å²) in [5.41, 5.74) is 5.21. The van der Waals surface area contributed by atoms with Crippen molar-refractivity contribution in [2.75, 3.05) is 11.1 Å². The summed E-state index contributed by atoms with van der Waals surface area (Å²) in [5, 5.41) is 2.69. The van der Waals surface area contributed by atoms with Gasteiger partial charge in [0.1, 0.15) is 0 Å². The lowest BCUT2D eigenvalue weighted by atomic mass is 10.1. The summed E-state index contributed by atoms with van der Waals surface area (Å²) in [6.07, 6.45) is -3.12. The van der Waals surface area contributed by atoms with Gasteiger partial charge < -0.3 is 11.1 Å². The molecule has 0 saturated carbocycles. The van der Waals surface area contributed by atoms with Crippen LogP contribution in [-0.4, -0.2) is 9.97 Å². The van der Waals surface area contributed by atoms with Gasteiger partial charge in [-0.05, 0) is 23.2 Å². The number of nitrogens with one attached hydrogen (secondary N) is 1. The quantitative estimate of drug-likeness (QED) is 0.854. The highest BCUT2D eigenvalue weighted by Crippen LogP contribution is 2.32. The molecule has 2 rings (SSSR count). The van der Waals surface area contributed by atoms with Crippen molar-refractivity contribution in [3.05, 3.63) is 46.9 Å². The van der Waals surface area contributed by atoms with Crippen molar-refractivity contribution in [3.63, 3.8) is 0 Å². The van der Waals surface area contributed by atoms with Crippen LogP contribution < -0.4 is 11.1 Å². The molecule has 0 amide bonds. The van der Waals surface area contributed by atoms with E-state index in [-0.39, 0.29) is 28.9 Å². The first-order valence-electron chi connectivity index (χ1n) is 5.55. The van der Waals surface area contributed by atoms with E-state index >= 15 is 0 Å². The zero-order valence-corrected chi connectivity index (χ0v) is 10.8. The van der Waals surface area contributed by atoms with Crippen LogP contribution in [0.2, 0.25) is 5.28 Å². The van der Waals surface area contributed by atoms with Crippen molar-refractivity contribution in [2.45, 2.75) is 12.7 Å². The molecule has 0 aliphatic rings. The van der Waals surface area contributed by atoms with Crippen molar-refractivity contribution in [3.8, 4) is 0 Å². The van der Waals surface area contributed by atoms with Crippen LogP contribution in [0.4, 0.5) is 24.7 Å². The zero-order valence-electron chi connectivity index (χ0n) is 10.1. The number of hydrogen-bond acceptors (Lipinski definition) is 4. The number of alkyl halides is 3. The van der Waals surface area contributed by atoms with Gasteiger partial charge in [0.25, 0.3) is 0 Å². The number of rotatable bonds is 3. The Bertz CT molecular complexity index is 616. The van der Waals surface area contributed by atoms with E-state index in [9.17, 15) is 13.2 Å². The van der Waals surface area contributed by atoms with Gasteiger partial charge in [-0.15, -0.1) is 0 Å². The molecule has 0 aliphatic carbocycles. The number of benzene rings is 1. The lowest BCUT2D eigenvalue weighted by Gasteiger charge is -2.14. The van der Waals surface area contributed by atoms with Crippen LogP contribution in [0.15, 0.2) is 30.5 Å². The molecule has 0 fully saturated rings. The fourth-order valence-corrected chi connectivity index (χ4v) is 1.77. The highest BCUT2D eigenvalue weighted by Gasteiger charge is 2.32. The van der Waals surface area contributed by atoms with Gasteiger partial charge in [-0.1, -0.05) is 18.2 Å². The molecule has 20 heavy (non-hydrogen) atoms. The Morgan fingerprint density at radius 1 is 1.25 bits per heavy atom. The van der Waals surface area contributed by atoms with E-state index in [0.717, 1.165) is 6.07 Å². The number of aromatic nitrogens is 2. The number of hydrogen-bond donors (Lipinski definition) is 2. The molecular weight excluding hydrogens is 293 g/mol. The van der Waals surface area contributed by atoms with Crippen LogP contribution in [0.1, 0.15) is 11.1 Å². The second-order valence-electron chi connectivity index (χ2n) is 3.95. The van der Waals surface area contributed by atoms with Crippen molar-refractivity contribution >= 4 is 23.1 Å². The van der Waals surface area contributed by atoms with E-state index in [0.29, 0.717) is 0 Å². The molecule has 1 aromatic heterocycles. The first-order chi connectivity index (χ1) is 9.38. The maximum Gasteiger partial charge on any atom is 0.416 e. The normalized spacial score (nSPS) is 11.4. The van der Waals surface area contributed by atoms with Gasteiger partial charge >= 0.3 is 6.18 Å². The van der Waals surface area contributed by atoms with Crippen LogP contribution in [0.5, 0.6) is 0 Å². The van der Waals surface area contributed by atoms with Crippen LogP contribution in [0, 0.1) is 0 Å². The van der Waals surface area contributed by atoms with Gasteiger partial charge in [0, 0.05) is 6.54 Å². The zero-order chi connectivity index (χ0) is 14.8. The van der Waals surface area contributed by atoms with Crippen LogP contribution in [0.25, 0.3) is 0 Å². The molecule has 3 N–H and O–H groups in total. The molecule has 0 spiro atoms. The topological polar surface area (TPSA) is 63.8 Å². The highest BCUT2D eigenvalue weighted by atomic mass is 35.5. The predicted octanol–water partition coefficient (Wildman–Crippen LogP) is 3.34. The minimum Gasteiger partial charge on any atom is -0.394 e. The largest absolute Gasteiger partial charge is 0.416 e. The third kappa shape index (κ3) is 3.30. The average Bonchev–Trinajstić information content (AvgIpc) is 2.39. The van der Waals surface area contributed by atoms with Crippen molar-refractivity contribution in [1.29, 1.82) is 0 Å². The Morgan fingerprint density at radius 2 is 1.95 bits per heavy atom. The van der Waals surface area contributed by atoms with E-state index < -0.39 is 11.7 Å². The number of anilines is 2. The molecule has 0 bridgehead atoms. The summed E-state index contributed by atoms with van der Waals surface area (Å²) in [4.78, 5) is 7.48. The van der Waals surface area contributed by atoms with Crippen molar-refractivity contribution in [2.24, 2.45) is 0 Å². The van der Waals surface area contributed by atoms with Crippen molar-refractivity contribution < 1.29 is 13.2 Å². The molecule has 106 valence electrons. The first-order valence-corrected chi connectivity index (χ1v) is 5.92. The Balaban J connectivity index is 2.21. The second-order valence-corrected chi connectivity index (χ2v) is 4.29. The van der Waals surface area contributed by atoms with Gasteiger partial charge in [-0.25, -0.2) is 4.98 Å². The number of nitrogens with two attached hydrogens (primary N) is 1. The maximum absolute atomic E-state index is 12.8. The van der Waals surface area contributed by atoms with Gasteiger partial charge in [-0.2, -0.15) is 18.2 Å². The highest BCUT2D eigenvalue weighted by molar-refractivity contribution is 6.28. The smallest absolute Gasteiger partial charge is 0.394 e. The van der Waals surface area contributed by atoms with Crippen LogP contribution >= 0.6 is 11.6 Å². The SMILES string of the molecule is Nc1cnc(Cl)nc1NCc1ccccc1C(F)(F)F. The molecule has 0 unspecified atom stereocenters. The molecule has 2 aromatic rings. The lowest BCUT2D eigenvalue weighted by molar-refractivity contribution is -0.138. The summed E-state index contributed by atoms with van der Waals surface area (Å²) in [5.74, 6) is 0.196. The summed E-state index contributed by atoms with van der Waals surface area (Å²) in [6.45, 7) is -0.0762. The van der Waals surface area contributed by atoms with E-state index in [1.54, 1.807) is 0 Å². The minimum atomic E-state index is -4.41. The van der Waals surface area contributed by atoms with Gasteiger partial charge in [0.05, 0.1) is 17.4 Å². The Kier molecular flexibility index (Phi) is 3.99. The van der Waals surface area contributed by atoms with E-state index in [2.05, 4.69) is 15.3 Å². The Hall–Kier alpha value is -2.02. The van der Waals surface area contributed by atoms with E-state index in [4.69, 9.17) is 17.3 Å². The predicted molar refractivity (Wildman–Crippen MR) is 70.2 cm³/mol. The molecule has 1 heterocycles. The van der Waals surface area contributed by atoms with Gasteiger partial charge in [-0.3, -0.25) is 0 Å². The summed E-state index contributed by atoms with van der Waals surface area (Å²) < 4.78 is 38.5. The number of nitrogens with zero attached hydrogens (tertiary/aromatic N) is 2. The van der Waals surface area contributed by atoms with Crippen LogP contribution in [-0.2, 0) is 12.7 Å². The fourth-order valence-electron chi connectivity index (χ4n) is 1.64. The summed E-state index contributed by atoms with van der Waals surface area (Å²) >= 11 is 5.60. The van der Waals surface area contributed by atoms with Crippen LogP contribution in [0.3, 0.4) is 0 Å². The molecule has 1 aromatic carbocycles. The molecule has 0 saturated heterocycles. The van der Waals surface area contributed by atoms with E-state index in [1.165, 1.54) is 24.4 Å². The molecule has 8 heteroatoms. The fraction of sp³-hybridized carbons (Fsp3) is 0.167. The molecular formula is C12H10ClF3N4. The molecule has 4 nitrogen and oxygen atoms in total. The molecule has 0 atom stereocenters. The Labute approximate surface area is 117 Å². The summed E-state index contributed by atoms with van der Waals surface area (Å²) in [7, 11) is 0. The standard InChI is InChI=1S/C12H10ClF3N4/c13-11-19-6-9(17)10(20-11)18-5-7-3-1-2-4-8(7)12(14,15)16/h1-4,6H,5,17H2,(H,18,19,20). The lowest BCUT2D eigenvalue weighted by Crippen LogP contribution is -2.12. The first kappa shape index (κ1) is 14.4. The van der Waals surface area contributed by atoms with Gasteiger partial charge in [0.2, 0.25) is 5.28 Å². The number of halogens is 4. The number of nitrogen functional groups attached to an aromatic ring is 1. The Morgan fingerprint density at radius 3 is 2.65 bits per heavy atom. The third-order valence-corrected chi connectivity index (χ3v) is 2.74. The molecule has 0 radical (unpaired) electrons. The van der Waals surface area contributed by atoms with Crippen molar-refractivity contribution in [1.82, 2.24) is 9.97 Å². The molecule has 0 aliphatic heterocycles. The second kappa shape index (κ2) is 5.54.